The summed E-state index contributed by atoms with van der Waals surface area (Å²) < 4.78 is 6.56. The molecule has 0 N–H and O–H groups in total. The SMILES string of the molecule is CC(C)(C)CCOCc1ccc(Br)cn1. The van der Waals surface area contributed by atoms with E-state index in [-0.39, 0.29) is 0 Å². The Hall–Kier alpha value is -0.410. The third kappa shape index (κ3) is 5.90. The van der Waals surface area contributed by atoms with Crippen LogP contribution in [-0.4, -0.2) is 11.6 Å². The van der Waals surface area contributed by atoms with Crippen molar-refractivity contribution in [3.8, 4) is 0 Å². The van der Waals surface area contributed by atoms with Crippen molar-refractivity contribution in [2.45, 2.75) is 33.8 Å². The molecule has 84 valence electrons. The Labute approximate surface area is 100 Å². The van der Waals surface area contributed by atoms with Crippen LogP contribution in [0.4, 0.5) is 0 Å². The third-order valence-corrected chi connectivity index (χ3v) is 2.50. The molecule has 0 aliphatic carbocycles. The van der Waals surface area contributed by atoms with E-state index in [1.165, 1.54) is 0 Å². The maximum Gasteiger partial charge on any atom is 0.0887 e. The minimum absolute atomic E-state index is 0.340. The Bertz CT molecular complexity index is 289. The quantitative estimate of drug-likeness (QED) is 0.778. The van der Waals surface area contributed by atoms with Crippen LogP contribution in [0, 0.1) is 5.41 Å². The third-order valence-electron chi connectivity index (χ3n) is 2.03. The summed E-state index contributed by atoms with van der Waals surface area (Å²) in [7, 11) is 0. The van der Waals surface area contributed by atoms with Gasteiger partial charge in [-0.05, 0) is 39.9 Å². The highest BCUT2D eigenvalue weighted by Gasteiger charge is 2.09. The van der Waals surface area contributed by atoms with E-state index in [2.05, 4.69) is 41.7 Å². The van der Waals surface area contributed by atoms with Gasteiger partial charge in [0.2, 0.25) is 0 Å². The van der Waals surface area contributed by atoms with Crippen LogP contribution in [0.25, 0.3) is 0 Å². The first-order valence-corrected chi connectivity index (χ1v) is 5.95. The van der Waals surface area contributed by atoms with Crippen molar-refractivity contribution in [3.05, 3.63) is 28.5 Å². The van der Waals surface area contributed by atoms with Gasteiger partial charge >= 0.3 is 0 Å². The van der Waals surface area contributed by atoms with Crippen molar-refractivity contribution < 1.29 is 4.74 Å². The van der Waals surface area contributed by atoms with Gasteiger partial charge in [-0.15, -0.1) is 0 Å². The van der Waals surface area contributed by atoms with Gasteiger partial charge in [0.15, 0.2) is 0 Å². The van der Waals surface area contributed by atoms with Gasteiger partial charge in [0.25, 0.3) is 0 Å². The molecule has 0 fully saturated rings. The number of halogens is 1. The van der Waals surface area contributed by atoms with E-state index < -0.39 is 0 Å². The highest BCUT2D eigenvalue weighted by Crippen LogP contribution is 2.18. The number of aromatic nitrogens is 1. The molecule has 0 bridgehead atoms. The van der Waals surface area contributed by atoms with E-state index in [0.29, 0.717) is 12.0 Å². The van der Waals surface area contributed by atoms with Gasteiger partial charge < -0.3 is 4.74 Å². The second kappa shape index (κ2) is 5.61. The first-order valence-electron chi connectivity index (χ1n) is 5.15. The van der Waals surface area contributed by atoms with E-state index in [0.717, 1.165) is 23.2 Å². The zero-order valence-electron chi connectivity index (χ0n) is 9.59. The summed E-state index contributed by atoms with van der Waals surface area (Å²) in [5, 5.41) is 0. The van der Waals surface area contributed by atoms with E-state index in [9.17, 15) is 0 Å². The molecule has 0 saturated carbocycles. The van der Waals surface area contributed by atoms with Crippen LogP contribution in [0.15, 0.2) is 22.8 Å². The first kappa shape index (κ1) is 12.7. The molecule has 0 amide bonds. The van der Waals surface area contributed by atoms with Gasteiger partial charge in [-0.1, -0.05) is 20.8 Å². The smallest absolute Gasteiger partial charge is 0.0887 e. The minimum Gasteiger partial charge on any atom is -0.375 e. The van der Waals surface area contributed by atoms with Gasteiger partial charge in [-0.25, -0.2) is 0 Å². The summed E-state index contributed by atoms with van der Waals surface area (Å²) in [6.45, 7) is 8.04. The fourth-order valence-corrected chi connectivity index (χ4v) is 1.28. The van der Waals surface area contributed by atoms with Gasteiger partial charge in [-0.2, -0.15) is 0 Å². The molecule has 0 saturated heterocycles. The number of nitrogens with zero attached hydrogens (tertiary/aromatic N) is 1. The van der Waals surface area contributed by atoms with Gasteiger partial charge in [0.05, 0.1) is 12.3 Å². The fourth-order valence-electron chi connectivity index (χ4n) is 1.05. The molecule has 1 heterocycles. The Kier molecular flexibility index (Phi) is 4.74. The lowest BCUT2D eigenvalue weighted by molar-refractivity contribution is 0.0941. The van der Waals surface area contributed by atoms with Crippen molar-refractivity contribution in [3.63, 3.8) is 0 Å². The molecule has 1 aromatic rings. The predicted molar refractivity (Wildman–Crippen MR) is 65.7 cm³/mol. The molecule has 3 heteroatoms. The van der Waals surface area contributed by atoms with Crippen LogP contribution >= 0.6 is 15.9 Å². The Morgan fingerprint density at radius 3 is 2.60 bits per heavy atom. The van der Waals surface area contributed by atoms with Gasteiger partial charge in [0, 0.05) is 17.3 Å². The first-order chi connectivity index (χ1) is 6.97. The fraction of sp³-hybridized carbons (Fsp3) is 0.583. The molecule has 0 atom stereocenters. The Balaban J connectivity index is 2.23. The molecular formula is C12H18BrNO. The lowest BCUT2D eigenvalue weighted by Gasteiger charge is -2.17. The van der Waals surface area contributed by atoms with E-state index in [4.69, 9.17) is 4.74 Å². The van der Waals surface area contributed by atoms with E-state index in [1.54, 1.807) is 6.20 Å². The van der Waals surface area contributed by atoms with Crippen molar-refractivity contribution in [1.82, 2.24) is 4.98 Å². The number of ether oxygens (including phenoxy) is 1. The average molecular weight is 272 g/mol. The molecule has 0 aromatic carbocycles. The molecule has 15 heavy (non-hydrogen) atoms. The van der Waals surface area contributed by atoms with Crippen molar-refractivity contribution in [1.29, 1.82) is 0 Å². The monoisotopic (exact) mass is 271 g/mol. The van der Waals surface area contributed by atoms with Crippen LogP contribution in [0.3, 0.4) is 0 Å². The normalized spacial score (nSPS) is 11.7. The summed E-state index contributed by atoms with van der Waals surface area (Å²) >= 11 is 3.35. The lowest BCUT2D eigenvalue weighted by atomic mass is 9.93. The molecule has 0 unspecified atom stereocenters. The van der Waals surface area contributed by atoms with Crippen LogP contribution in [-0.2, 0) is 11.3 Å². The van der Waals surface area contributed by atoms with Gasteiger partial charge in [0.1, 0.15) is 0 Å². The number of hydrogen-bond acceptors (Lipinski definition) is 2. The maximum absolute atomic E-state index is 5.56. The highest BCUT2D eigenvalue weighted by molar-refractivity contribution is 9.10. The van der Waals surface area contributed by atoms with E-state index in [1.807, 2.05) is 12.1 Å². The standard InChI is InChI=1S/C12H18BrNO/c1-12(2,3)6-7-15-9-11-5-4-10(13)8-14-11/h4-5,8H,6-7,9H2,1-3H3. The molecule has 0 aliphatic rings. The molecule has 0 radical (unpaired) electrons. The highest BCUT2D eigenvalue weighted by atomic mass is 79.9. The maximum atomic E-state index is 5.56. The molecule has 1 aromatic heterocycles. The number of pyridine rings is 1. The zero-order valence-corrected chi connectivity index (χ0v) is 11.2. The minimum atomic E-state index is 0.340. The van der Waals surface area contributed by atoms with Crippen LogP contribution in [0.2, 0.25) is 0 Å². The average Bonchev–Trinajstić information content (AvgIpc) is 2.14. The lowest BCUT2D eigenvalue weighted by Crippen LogP contribution is -2.09. The summed E-state index contributed by atoms with van der Waals surface area (Å²) in [4.78, 5) is 4.24. The van der Waals surface area contributed by atoms with Crippen molar-refractivity contribution >= 4 is 15.9 Å². The topological polar surface area (TPSA) is 22.1 Å². The predicted octanol–water partition coefficient (Wildman–Crippen LogP) is 3.80. The van der Waals surface area contributed by atoms with Gasteiger partial charge in [-0.3, -0.25) is 4.98 Å². The van der Waals surface area contributed by atoms with Crippen LogP contribution in [0.1, 0.15) is 32.9 Å². The summed E-state index contributed by atoms with van der Waals surface area (Å²) in [6.07, 6.45) is 2.87. The molecule has 0 aliphatic heterocycles. The molecule has 2 nitrogen and oxygen atoms in total. The summed E-state index contributed by atoms with van der Waals surface area (Å²) in [5.41, 5.74) is 1.32. The van der Waals surface area contributed by atoms with Crippen LogP contribution in [0.5, 0.6) is 0 Å². The summed E-state index contributed by atoms with van der Waals surface area (Å²) in [5.74, 6) is 0. The Morgan fingerprint density at radius 1 is 1.33 bits per heavy atom. The Morgan fingerprint density at radius 2 is 2.07 bits per heavy atom. The second-order valence-electron chi connectivity index (χ2n) is 4.83. The molecular weight excluding hydrogens is 254 g/mol. The second-order valence-corrected chi connectivity index (χ2v) is 5.75. The molecule has 0 spiro atoms. The number of hydrogen-bond donors (Lipinski definition) is 0. The molecule has 1 rings (SSSR count). The van der Waals surface area contributed by atoms with Crippen molar-refractivity contribution in [2.24, 2.45) is 5.41 Å². The largest absolute Gasteiger partial charge is 0.375 e. The zero-order chi connectivity index (χ0) is 11.3. The summed E-state index contributed by atoms with van der Waals surface area (Å²) in [6, 6.07) is 3.95. The van der Waals surface area contributed by atoms with Crippen molar-refractivity contribution in [2.75, 3.05) is 6.61 Å². The van der Waals surface area contributed by atoms with E-state index >= 15 is 0 Å². The van der Waals surface area contributed by atoms with Crippen LogP contribution < -0.4 is 0 Å². The number of rotatable bonds is 4.